The van der Waals surface area contributed by atoms with E-state index in [1.165, 1.54) is 0 Å². The molecule has 4 aromatic rings. The van der Waals surface area contributed by atoms with Crippen molar-refractivity contribution < 1.29 is 9.59 Å². The Kier molecular flexibility index (Phi) is 6.09. The number of aryl methyl sites for hydroxylation is 1. The highest BCUT2D eigenvalue weighted by Gasteiger charge is 2.33. The lowest BCUT2D eigenvalue weighted by Gasteiger charge is -2.21. The maximum Gasteiger partial charge on any atom is 0.299 e. The normalized spacial score (nSPS) is 14.9. The highest BCUT2D eigenvalue weighted by atomic mass is 16.2. The number of aromatic nitrogens is 4. The lowest BCUT2D eigenvalue weighted by Crippen LogP contribution is -2.30. The van der Waals surface area contributed by atoms with Crippen molar-refractivity contribution in [2.24, 2.45) is 0 Å². The Morgan fingerprint density at radius 1 is 1.14 bits per heavy atom. The molecule has 180 valence electrons. The van der Waals surface area contributed by atoms with Crippen LogP contribution >= 0.6 is 0 Å². The fraction of sp³-hybridized carbons (Fsp3) is 0.222. The molecule has 0 unspecified atom stereocenters. The highest BCUT2D eigenvalue weighted by Crippen LogP contribution is 2.36. The summed E-state index contributed by atoms with van der Waals surface area (Å²) < 4.78 is 1.90. The summed E-state index contributed by atoms with van der Waals surface area (Å²) in [7, 11) is 0. The van der Waals surface area contributed by atoms with Crippen LogP contribution in [0.4, 0.5) is 11.6 Å². The number of imidazole rings is 1. The average Bonchev–Trinajstić information content (AvgIpc) is 3.51. The second kappa shape index (κ2) is 9.50. The van der Waals surface area contributed by atoms with E-state index in [2.05, 4.69) is 27.1 Å². The van der Waals surface area contributed by atoms with E-state index in [0.717, 1.165) is 24.0 Å². The van der Waals surface area contributed by atoms with Crippen LogP contribution in [0.3, 0.4) is 0 Å². The third-order valence-corrected chi connectivity index (χ3v) is 6.23. The number of likely N-dealkylation sites (tertiary alicyclic amines) is 1. The summed E-state index contributed by atoms with van der Waals surface area (Å²) in [5.41, 5.74) is 9.87. The van der Waals surface area contributed by atoms with E-state index in [1.54, 1.807) is 48.6 Å². The monoisotopic (exact) mass is 479 g/mol. The first-order valence-electron chi connectivity index (χ1n) is 11.7. The lowest BCUT2D eigenvalue weighted by molar-refractivity contribution is -0.126. The van der Waals surface area contributed by atoms with Crippen molar-refractivity contribution in [2.75, 3.05) is 17.6 Å². The number of hydrogen-bond acceptors (Lipinski definition) is 6. The number of amides is 2. The molecule has 2 amide bonds. The number of rotatable bonds is 4. The zero-order chi connectivity index (χ0) is 25.2. The first-order valence-corrected chi connectivity index (χ1v) is 11.7. The van der Waals surface area contributed by atoms with Gasteiger partial charge in [-0.3, -0.25) is 14.0 Å². The lowest BCUT2D eigenvalue weighted by atomic mass is 10.1. The van der Waals surface area contributed by atoms with Gasteiger partial charge in [0.1, 0.15) is 28.7 Å². The van der Waals surface area contributed by atoms with Gasteiger partial charge in [0.15, 0.2) is 0 Å². The smallest absolute Gasteiger partial charge is 0.299 e. The van der Waals surface area contributed by atoms with Crippen LogP contribution < -0.4 is 11.1 Å². The Hall–Kier alpha value is -4.71. The standard InChI is InChI=1S/C27H25N7O2/c1-3-5-22(35)33-14-4-6-20(33)26-32-23(24-25(28)29-13-15-34(24)26)18-8-10-19(11-9-18)27(36)31-21-12-7-17(2)16-30-21/h7-13,15-16,20H,4,6,14H2,1-2H3,(H2,28,29)(H,30,31,36)/t20-/m0/s1. The van der Waals surface area contributed by atoms with E-state index in [-0.39, 0.29) is 17.9 Å². The zero-order valence-electron chi connectivity index (χ0n) is 20.0. The van der Waals surface area contributed by atoms with Gasteiger partial charge in [0.25, 0.3) is 11.8 Å². The molecule has 5 rings (SSSR count). The Morgan fingerprint density at radius 2 is 1.94 bits per heavy atom. The van der Waals surface area contributed by atoms with Gasteiger partial charge in [-0.15, -0.1) is 0 Å². The summed E-state index contributed by atoms with van der Waals surface area (Å²) in [4.78, 5) is 40.5. The molecule has 1 aromatic carbocycles. The Morgan fingerprint density at radius 3 is 2.67 bits per heavy atom. The molecule has 1 atom stereocenters. The molecule has 1 aliphatic heterocycles. The number of hydrogen-bond donors (Lipinski definition) is 2. The van der Waals surface area contributed by atoms with Crippen molar-refractivity contribution in [1.29, 1.82) is 0 Å². The van der Waals surface area contributed by atoms with Crippen LogP contribution in [0.5, 0.6) is 0 Å². The van der Waals surface area contributed by atoms with E-state index >= 15 is 0 Å². The Balaban J connectivity index is 1.49. The number of benzene rings is 1. The summed E-state index contributed by atoms with van der Waals surface area (Å²) in [6.45, 7) is 4.22. The topological polar surface area (TPSA) is 119 Å². The predicted molar refractivity (Wildman–Crippen MR) is 137 cm³/mol. The summed E-state index contributed by atoms with van der Waals surface area (Å²) in [5, 5.41) is 2.80. The maximum absolute atomic E-state index is 12.7. The largest absolute Gasteiger partial charge is 0.382 e. The fourth-order valence-corrected chi connectivity index (χ4v) is 4.49. The molecule has 3 aromatic heterocycles. The molecule has 4 heterocycles. The minimum atomic E-state index is -0.258. The number of nitrogens with two attached hydrogens (primary N) is 1. The number of pyridine rings is 1. The first kappa shape index (κ1) is 23.1. The number of nitrogens with zero attached hydrogens (tertiary/aromatic N) is 5. The number of anilines is 2. The van der Waals surface area contributed by atoms with Crippen molar-refractivity contribution >= 4 is 29.0 Å². The minimum absolute atomic E-state index is 0.209. The second-order valence-corrected chi connectivity index (χ2v) is 8.63. The average molecular weight is 480 g/mol. The van der Waals surface area contributed by atoms with Crippen molar-refractivity contribution in [1.82, 2.24) is 24.3 Å². The van der Waals surface area contributed by atoms with Gasteiger partial charge in [-0.2, -0.15) is 0 Å². The molecular formula is C27H25N7O2. The summed E-state index contributed by atoms with van der Waals surface area (Å²) in [6.07, 6.45) is 6.78. The quantitative estimate of drug-likeness (QED) is 0.432. The Bertz CT molecular complexity index is 1510. The number of nitrogens with one attached hydrogen (secondary N) is 1. The first-order chi connectivity index (χ1) is 17.5. The third kappa shape index (κ3) is 4.25. The molecule has 36 heavy (non-hydrogen) atoms. The van der Waals surface area contributed by atoms with Crippen LogP contribution in [0.1, 0.15) is 47.6 Å². The van der Waals surface area contributed by atoms with Crippen LogP contribution in [0, 0.1) is 18.8 Å². The fourth-order valence-electron chi connectivity index (χ4n) is 4.49. The SMILES string of the molecule is CC#CC(=O)N1CCC[C@H]1c1nc(-c2ccc(C(=O)Nc3ccc(C)cn3)cc2)c2c(N)nccn12. The number of carbonyl (C=O) groups is 2. The van der Waals surface area contributed by atoms with Gasteiger partial charge >= 0.3 is 0 Å². The zero-order valence-corrected chi connectivity index (χ0v) is 20.0. The molecule has 0 radical (unpaired) electrons. The molecule has 1 aliphatic rings. The van der Waals surface area contributed by atoms with Crippen molar-refractivity contribution in [2.45, 2.75) is 32.7 Å². The molecule has 0 saturated carbocycles. The van der Waals surface area contributed by atoms with E-state index < -0.39 is 0 Å². The predicted octanol–water partition coefficient (Wildman–Crippen LogP) is 3.62. The van der Waals surface area contributed by atoms with Gasteiger partial charge in [-0.05, 0) is 56.4 Å². The summed E-state index contributed by atoms with van der Waals surface area (Å²) in [6, 6.07) is 10.6. The summed E-state index contributed by atoms with van der Waals surface area (Å²) in [5.74, 6) is 6.40. The molecule has 1 saturated heterocycles. The van der Waals surface area contributed by atoms with Gasteiger partial charge in [-0.1, -0.05) is 24.1 Å². The number of carbonyl (C=O) groups excluding carboxylic acids is 2. The minimum Gasteiger partial charge on any atom is -0.382 e. The van der Waals surface area contributed by atoms with Gasteiger partial charge in [0.2, 0.25) is 0 Å². The van der Waals surface area contributed by atoms with Crippen LogP contribution in [0.2, 0.25) is 0 Å². The van der Waals surface area contributed by atoms with Crippen molar-refractivity contribution in [3.63, 3.8) is 0 Å². The third-order valence-electron chi connectivity index (χ3n) is 6.23. The Labute approximate surface area is 208 Å². The van der Waals surface area contributed by atoms with Crippen molar-refractivity contribution in [3.8, 4) is 23.1 Å². The van der Waals surface area contributed by atoms with E-state index in [0.29, 0.717) is 40.8 Å². The molecule has 0 aliphatic carbocycles. The second-order valence-electron chi connectivity index (χ2n) is 8.63. The molecule has 0 bridgehead atoms. The highest BCUT2D eigenvalue weighted by molar-refractivity contribution is 6.04. The molecular weight excluding hydrogens is 454 g/mol. The van der Waals surface area contributed by atoms with E-state index in [9.17, 15) is 9.59 Å². The van der Waals surface area contributed by atoms with Crippen molar-refractivity contribution in [3.05, 3.63) is 71.9 Å². The van der Waals surface area contributed by atoms with Crippen LogP contribution in [-0.2, 0) is 4.79 Å². The molecule has 0 spiro atoms. The van der Waals surface area contributed by atoms with Gasteiger partial charge in [0, 0.05) is 36.3 Å². The molecule has 1 fully saturated rings. The summed E-state index contributed by atoms with van der Waals surface area (Å²) >= 11 is 0. The molecule has 9 nitrogen and oxygen atoms in total. The van der Waals surface area contributed by atoms with Crippen LogP contribution in [0.25, 0.3) is 16.8 Å². The number of fused-ring (bicyclic) bond motifs is 1. The van der Waals surface area contributed by atoms with Gasteiger partial charge < -0.3 is 16.0 Å². The maximum atomic E-state index is 12.7. The molecule has 3 N–H and O–H groups in total. The van der Waals surface area contributed by atoms with E-state index in [4.69, 9.17) is 10.7 Å². The van der Waals surface area contributed by atoms with Crippen LogP contribution in [0.15, 0.2) is 55.0 Å². The van der Waals surface area contributed by atoms with Gasteiger partial charge in [-0.25, -0.2) is 15.0 Å². The van der Waals surface area contributed by atoms with Gasteiger partial charge in [0.05, 0.1) is 6.04 Å². The van der Waals surface area contributed by atoms with Crippen LogP contribution in [-0.4, -0.2) is 42.6 Å². The molecule has 9 heteroatoms. The number of nitrogen functional groups attached to an aromatic ring is 1. The van der Waals surface area contributed by atoms with E-state index in [1.807, 2.05) is 29.5 Å².